The zero-order chi connectivity index (χ0) is 31.2. The molecule has 0 unspecified atom stereocenters. The average molecular weight is 603 g/mol. The van der Waals surface area contributed by atoms with E-state index in [0.29, 0.717) is 0 Å². The minimum atomic E-state index is 1.01. The number of para-hydroxylation sites is 4. The molecule has 0 aliphatic heterocycles. The number of aromatic nitrogens is 2. The molecule has 0 amide bonds. The molecule has 222 valence electrons. The maximum atomic E-state index is 4.50. The lowest BCUT2D eigenvalue weighted by atomic mass is 9.98. The Balaban J connectivity index is 1.38. The van der Waals surface area contributed by atoms with E-state index in [9.17, 15) is 0 Å². The van der Waals surface area contributed by atoms with Gasteiger partial charge < -0.3 is 14.4 Å². The minimum Gasteiger partial charge on any atom is -0.310 e. The van der Waals surface area contributed by atoms with Gasteiger partial charge in [-0.1, -0.05) is 84.9 Å². The molecule has 0 atom stereocenters. The Kier molecular flexibility index (Phi) is 6.43. The van der Waals surface area contributed by atoms with Crippen LogP contribution in [0.3, 0.4) is 0 Å². The Morgan fingerprint density at radius 2 is 0.809 bits per heavy atom. The van der Waals surface area contributed by atoms with Crippen LogP contribution in [0.15, 0.2) is 182 Å². The Bertz CT molecular complexity index is 2210. The van der Waals surface area contributed by atoms with Gasteiger partial charge in [0.25, 0.3) is 0 Å². The van der Waals surface area contributed by atoms with Crippen molar-refractivity contribution in [1.29, 1.82) is 0 Å². The fraction of sp³-hybridized carbons (Fsp3) is 0. The van der Waals surface area contributed by atoms with Gasteiger partial charge >= 0.3 is 0 Å². The summed E-state index contributed by atoms with van der Waals surface area (Å²) in [6, 6.07) is 60.4. The van der Waals surface area contributed by atoms with E-state index < -0.39 is 0 Å². The van der Waals surface area contributed by atoms with Gasteiger partial charge in [-0.3, -0.25) is 4.98 Å². The van der Waals surface area contributed by atoms with Crippen molar-refractivity contribution >= 4 is 66.7 Å². The lowest BCUT2D eigenvalue weighted by Crippen LogP contribution is -2.11. The Morgan fingerprint density at radius 1 is 0.383 bits per heavy atom. The number of nitrogens with zero attached hydrogens (tertiary/aromatic N) is 4. The molecule has 0 radical (unpaired) electrons. The summed E-state index contributed by atoms with van der Waals surface area (Å²) in [7, 11) is 0. The zero-order valence-electron chi connectivity index (χ0n) is 25.6. The summed E-state index contributed by atoms with van der Waals surface area (Å²) in [5.41, 5.74) is 10.1. The number of hydrogen-bond donors (Lipinski definition) is 0. The molecule has 2 heterocycles. The molecule has 0 fully saturated rings. The first-order chi connectivity index (χ1) is 23.4. The fourth-order valence-corrected chi connectivity index (χ4v) is 7.04. The van der Waals surface area contributed by atoms with E-state index in [1.54, 1.807) is 0 Å². The largest absolute Gasteiger partial charge is 0.310 e. The summed E-state index contributed by atoms with van der Waals surface area (Å²) in [6.45, 7) is 0. The molecule has 0 aliphatic rings. The Labute approximate surface area is 273 Å². The second-order valence-corrected chi connectivity index (χ2v) is 11.7. The lowest BCUT2D eigenvalue weighted by molar-refractivity contribution is 1.18. The van der Waals surface area contributed by atoms with E-state index in [2.05, 4.69) is 183 Å². The van der Waals surface area contributed by atoms with Crippen molar-refractivity contribution in [2.24, 2.45) is 0 Å². The Hall–Kier alpha value is -6.39. The molecule has 0 saturated heterocycles. The molecule has 0 N–H and O–H groups in total. The normalized spacial score (nSPS) is 11.4. The van der Waals surface area contributed by atoms with Gasteiger partial charge in [0, 0.05) is 50.5 Å². The first-order valence-corrected chi connectivity index (χ1v) is 15.9. The molecular formula is C43H30N4. The summed E-state index contributed by atoms with van der Waals surface area (Å²) < 4.78 is 2.41. The molecule has 9 aromatic rings. The van der Waals surface area contributed by atoms with Crippen LogP contribution in [0.25, 0.3) is 38.3 Å². The van der Waals surface area contributed by atoms with Crippen molar-refractivity contribution in [3.05, 3.63) is 182 Å². The molecule has 2 aromatic heterocycles. The van der Waals surface area contributed by atoms with Gasteiger partial charge in [-0.2, -0.15) is 0 Å². The highest BCUT2D eigenvalue weighted by atomic mass is 15.2. The van der Waals surface area contributed by atoms with Gasteiger partial charge in [0.05, 0.1) is 34.3 Å². The lowest BCUT2D eigenvalue weighted by Gasteiger charge is -2.28. The SMILES string of the molecule is c1ccc(N(c2ccccc2)c2ccc3c4c2ccc2c(N(c5ccccc5)c5cccnc5)ccc(c24)n3-c2ccccc2)cc1. The summed E-state index contributed by atoms with van der Waals surface area (Å²) in [6.07, 6.45) is 3.76. The van der Waals surface area contributed by atoms with Gasteiger partial charge in [-0.05, 0) is 84.9 Å². The summed E-state index contributed by atoms with van der Waals surface area (Å²) in [4.78, 5) is 9.18. The highest BCUT2D eigenvalue weighted by Gasteiger charge is 2.25. The number of pyridine rings is 1. The molecule has 47 heavy (non-hydrogen) atoms. The van der Waals surface area contributed by atoms with Crippen molar-refractivity contribution in [1.82, 2.24) is 9.55 Å². The molecule has 0 spiro atoms. The van der Waals surface area contributed by atoms with Crippen LogP contribution in [0.1, 0.15) is 0 Å². The van der Waals surface area contributed by atoms with Crippen molar-refractivity contribution in [2.45, 2.75) is 0 Å². The number of rotatable bonds is 7. The van der Waals surface area contributed by atoms with Crippen LogP contribution in [0.5, 0.6) is 0 Å². The molecule has 7 aromatic carbocycles. The van der Waals surface area contributed by atoms with Crippen LogP contribution >= 0.6 is 0 Å². The summed E-state index contributed by atoms with van der Waals surface area (Å²) in [5.74, 6) is 0. The van der Waals surface area contributed by atoms with Crippen molar-refractivity contribution < 1.29 is 0 Å². The standard InChI is InChI=1S/C43H30N4/c1-5-14-31(15-6-1)45(32-16-7-2-8-17-32)38-25-27-40-42-36(38)23-24-37-39(26-28-41(43(37)42)47(40)34-20-11-4-12-21-34)46(33-18-9-3-10-19-33)35-22-13-29-44-30-35/h1-30H. The summed E-state index contributed by atoms with van der Waals surface area (Å²) >= 11 is 0. The van der Waals surface area contributed by atoms with Crippen LogP contribution < -0.4 is 9.80 Å². The van der Waals surface area contributed by atoms with Crippen molar-refractivity contribution in [3.63, 3.8) is 0 Å². The third-order valence-corrected chi connectivity index (χ3v) is 8.99. The molecule has 0 bridgehead atoms. The predicted octanol–water partition coefficient (Wildman–Crippen LogP) is 11.7. The van der Waals surface area contributed by atoms with Crippen LogP contribution in [0.4, 0.5) is 34.1 Å². The van der Waals surface area contributed by atoms with Gasteiger partial charge in [-0.25, -0.2) is 0 Å². The molecule has 9 rings (SSSR count). The first-order valence-electron chi connectivity index (χ1n) is 15.9. The van der Waals surface area contributed by atoms with Crippen LogP contribution in [0.2, 0.25) is 0 Å². The van der Waals surface area contributed by atoms with E-state index in [1.165, 1.54) is 32.6 Å². The second-order valence-electron chi connectivity index (χ2n) is 11.7. The van der Waals surface area contributed by atoms with Crippen molar-refractivity contribution in [2.75, 3.05) is 9.80 Å². The van der Waals surface area contributed by atoms with E-state index in [-0.39, 0.29) is 0 Å². The van der Waals surface area contributed by atoms with Gasteiger partial charge in [0.2, 0.25) is 0 Å². The molecule has 4 heteroatoms. The topological polar surface area (TPSA) is 24.3 Å². The van der Waals surface area contributed by atoms with Gasteiger partial charge in [0.15, 0.2) is 0 Å². The first kappa shape index (κ1) is 27.0. The fourth-order valence-electron chi connectivity index (χ4n) is 7.04. The smallest absolute Gasteiger partial charge is 0.0645 e. The van der Waals surface area contributed by atoms with Gasteiger partial charge in [-0.15, -0.1) is 0 Å². The molecule has 0 saturated carbocycles. The van der Waals surface area contributed by atoms with E-state index in [4.69, 9.17) is 0 Å². The van der Waals surface area contributed by atoms with Crippen LogP contribution in [-0.4, -0.2) is 9.55 Å². The van der Waals surface area contributed by atoms with Crippen molar-refractivity contribution in [3.8, 4) is 5.69 Å². The third kappa shape index (κ3) is 4.42. The summed E-state index contributed by atoms with van der Waals surface area (Å²) in [5, 5.41) is 4.88. The van der Waals surface area contributed by atoms with Crippen LogP contribution in [-0.2, 0) is 0 Å². The van der Waals surface area contributed by atoms with E-state index in [1.807, 2.05) is 18.5 Å². The van der Waals surface area contributed by atoms with E-state index >= 15 is 0 Å². The molecule has 0 aliphatic carbocycles. The highest BCUT2D eigenvalue weighted by molar-refractivity contribution is 6.29. The number of benzene rings is 7. The second kappa shape index (κ2) is 11.2. The average Bonchev–Trinajstić information content (AvgIpc) is 3.49. The predicted molar refractivity (Wildman–Crippen MR) is 197 cm³/mol. The van der Waals surface area contributed by atoms with E-state index in [0.717, 1.165) is 39.8 Å². The maximum absolute atomic E-state index is 4.50. The minimum absolute atomic E-state index is 1.01. The number of anilines is 6. The third-order valence-electron chi connectivity index (χ3n) is 8.99. The monoisotopic (exact) mass is 602 g/mol. The highest BCUT2D eigenvalue weighted by Crippen LogP contribution is 2.49. The van der Waals surface area contributed by atoms with Crippen LogP contribution in [0, 0.1) is 0 Å². The zero-order valence-corrected chi connectivity index (χ0v) is 25.6. The quantitative estimate of drug-likeness (QED) is 0.170. The Morgan fingerprint density at radius 3 is 1.26 bits per heavy atom. The number of hydrogen-bond acceptors (Lipinski definition) is 3. The maximum Gasteiger partial charge on any atom is 0.0645 e. The molecule has 4 nitrogen and oxygen atoms in total. The van der Waals surface area contributed by atoms with Gasteiger partial charge in [0.1, 0.15) is 0 Å². The molecular weight excluding hydrogens is 573 g/mol.